The molecule has 20 heavy (non-hydrogen) atoms. The van der Waals surface area contributed by atoms with Crippen LogP contribution in [-0.2, 0) is 0 Å². The number of hydrogen-bond acceptors (Lipinski definition) is 4. The van der Waals surface area contributed by atoms with Crippen LogP contribution in [0.1, 0.15) is 5.56 Å². The molecule has 1 heterocycles. The van der Waals surface area contributed by atoms with E-state index in [1.807, 2.05) is 24.3 Å². The van der Waals surface area contributed by atoms with Gasteiger partial charge in [-0.1, -0.05) is 12.1 Å². The van der Waals surface area contributed by atoms with E-state index in [4.69, 9.17) is 5.84 Å². The molecule has 0 radical (unpaired) electrons. The molecule has 0 atom stereocenters. The summed E-state index contributed by atoms with van der Waals surface area (Å²) in [6.45, 7) is 1.71. The summed E-state index contributed by atoms with van der Waals surface area (Å²) < 4.78 is 13.3. The summed E-state index contributed by atoms with van der Waals surface area (Å²) in [5.74, 6) is 6.34. The van der Waals surface area contributed by atoms with Crippen LogP contribution in [0.2, 0.25) is 0 Å². The predicted molar refractivity (Wildman–Crippen MR) is 77.5 cm³/mol. The number of rotatable bonds is 2. The van der Waals surface area contributed by atoms with Gasteiger partial charge in [-0.2, -0.15) is 0 Å². The van der Waals surface area contributed by atoms with Crippen molar-refractivity contribution < 1.29 is 4.39 Å². The van der Waals surface area contributed by atoms with E-state index in [0.29, 0.717) is 17.2 Å². The molecule has 1 aromatic heterocycles. The summed E-state index contributed by atoms with van der Waals surface area (Å²) in [5.41, 5.74) is 4.68. The zero-order valence-corrected chi connectivity index (χ0v) is 10.9. The lowest BCUT2D eigenvalue weighted by Gasteiger charge is -2.08. The highest BCUT2D eigenvalue weighted by Crippen LogP contribution is 2.25. The molecule has 0 aliphatic rings. The van der Waals surface area contributed by atoms with Crippen molar-refractivity contribution in [1.82, 2.24) is 9.97 Å². The van der Waals surface area contributed by atoms with E-state index in [1.54, 1.807) is 19.1 Å². The molecule has 0 fully saturated rings. The first-order chi connectivity index (χ1) is 9.69. The average Bonchev–Trinajstić information content (AvgIpc) is 2.49. The van der Waals surface area contributed by atoms with Gasteiger partial charge in [-0.15, -0.1) is 0 Å². The van der Waals surface area contributed by atoms with Gasteiger partial charge in [0.15, 0.2) is 11.6 Å². The van der Waals surface area contributed by atoms with E-state index < -0.39 is 0 Å². The highest BCUT2D eigenvalue weighted by Gasteiger charge is 2.09. The molecule has 5 heteroatoms. The Labute approximate surface area is 115 Å². The highest BCUT2D eigenvalue weighted by molar-refractivity contribution is 5.90. The molecular formula is C15H13FN4. The number of nitrogens with zero attached hydrogens (tertiary/aromatic N) is 2. The van der Waals surface area contributed by atoms with Crippen molar-refractivity contribution in [3.8, 4) is 11.4 Å². The molecule has 0 saturated carbocycles. The van der Waals surface area contributed by atoms with Crippen molar-refractivity contribution in [3.05, 3.63) is 53.8 Å². The molecule has 3 rings (SSSR count). The maximum atomic E-state index is 13.3. The minimum absolute atomic E-state index is 0.244. The third-order valence-corrected chi connectivity index (χ3v) is 3.16. The molecule has 4 nitrogen and oxygen atoms in total. The quantitative estimate of drug-likeness (QED) is 0.554. The Kier molecular flexibility index (Phi) is 3.04. The number of hydrazine groups is 1. The second kappa shape index (κ2) is 4.86. The predicted octanol–water partition coefficient (Wildman–Crippen LogP) is 3.03. The fourth-order valence-corrected chi connectivity index (χ4v) is 2.10. The molecular weight excluding hydrogens is 255 g/mol. The van der Waals surface area contributed by atoms with Gasteiger partial charge in [-0.25, -0.2) is 20.2 Å². The topological polar surface area (TPSA) is 63.8 Å². The van der Waals surface area contributed by atoms with E-state index >= 15 is 0 Å². The van der Waals surface area contributed by atoms with E-state index in [-0.39, 0.29) is 5.82 Å². The Hall–Kier alpha value is -2.53. The molecule has 3 aromatic rings. The fourth-order valence-electron chi connectivity index (χ4n) is 2.10. The third-order valence-electron chi connectivity index (χ3n) is 3.16. The Morgan fingerprint density at radius 2 is 1.90 bits per heavy atom. The van der Waals surface area contributed by atoms with E-state index in [2.05, 4.69) is 15.4 Å². The smallest absolute Gasteiger partial charge is 0.162 e. The number of benzene rings is 2. The minimum atomic E-state index is -0.244. The van der Waals surface area contributed by atoms with Crippen molar-refractivity contribution in [2.45, 2.75) is 6.92 Å². The minimum Gasteiger partial charge on any atom is -0.308 e. The van der Waals surface area contributed by atoms with Crippen LogP contribution < -0.4 is 11.3 Å². The molecule has 0 unspecified atom stereocenters. The largest absolute Gasteiger partial charge is 0.308 e. The molecule has 0 bridgehead atoms. The van der Waals surface area contributed by atoms with Gasteiger partial charge in [0.05, 0.1) is 5.52 Å². The van der Waals surface area contributed by atoms with Crippen LogP contribution in [0.25, 0.3) is 22.3 Å². The highest BCUT2D eigenvalue weighted by atomic mass is 19.1. The van der Waals surface area contributed by atoms with Crippen LogP contribution in [0.15, 0.2) is 42.5 Å². The Morgan fingerprint density at radius 1 is 1.10 bits per heavy atom. The van der Waals surface area contributed by atoms with Crippen LogP contribution in [0.5, 0.6) is 0 Å². The van der Waals surface area contributed by atoms with Gasteiger partial charge in [-0.3, -0.25) is 0 Å². The van der Waals surface area contributed by atoms with E-state index in [1.165, 1.54) is 6.07 Å². The summed E-state index contributed by atoms with van der Waals surface area (Å²) in [6, 6.07) is 12.4. The van der Waals surface area contributed by atoms with E-state index in [0.717, 1.165) is 16.5 Å². The normalized spacial score (nSPS) is 10.8. The summed E-state index contributed by atoms with van der Waals surface area (Å²) in [6.07, 6.45) is 0. The Balaban J connectivity index is 2.23. The first kappa shape index (κ1) is 12.5. The maximum absolute atomic E-state index is 13.3. The monoisotopic (exact) mass is 268 g/mol. The third kappa shape index (κ3) is 2.08. The zero-order valence-electron chi connectivity index (χ0n) is 10.9. The van der Waals surface area contributed by atoms with Crippen molar-refractivity contribution >= 4 is 16.7 Å². The number of nitrogens with two attached hydrogens (primary N) is 1. The van der Waals surface area contributed by atoms with Crippen LogP contribution >= 0.6 is 0 Å². The van der Waals surface area contributed by atoms with Crippen molar-refractivity contribution in [3.63, 3.8) is 0 Å². The maximum Gasteiger partial charge on any atom is 0.162 e. The van der Waals surface area contributed by atoms with Gasteiger partial charge >= 0.3 is 0 Å². The van der Waals surface area contributed by atoms with Crippen LogP contribution in [-0.4, -0.2) is 9.97 Å². The molecule has 0 amide bonds. The number of halogens is 1. The summed E-state index contributed by atoms with van der Waals surface area (Å²) in [5, 5.41) is 0.845. The molecule has 100 valence electrons. The lowest BCUT2D eigenvalue weighted by atomic mass is 10.1. The number of fused-ring (bicyclic) bond motifs is 1. The van der Waals surface area contributed by atoms with Crippen molar-refractivity contribution in [2.75, 3.05) is 5.43 Å². The van der Waals surface area contributed by atoms with Gasteiger partial charge in [0.2, 0.25) is 0 Å². The summed E-state index contributed by atoms with van der Waals surface area (Å²) in [7, 11) is 0. The second-order valence-electron chi connectivity index (χ2n) is 4.52. The van der Waals surface area contributed by atoms with Gasteiger partial charge in [0, 0.05) is 10.9 Å². The van der Waals surface area contributed by atoms with Crippen molar-refractivity contribution in [2.24, 2.45) is 5.84 Å². The van der Waals surface area contributed by atoms with Gasteiger partial charge in [0.25, 0.3) is 0 Å². The molecule has 0 saturated heterocycles. The first-order valence-electron chi connectivity index (χ1n) is 6.19. The zero-order chi connectivity index (χ0) is 14.1. The number of nitrogens with one attached hydrogen (secondary N) is 1. The summed E-state index contributed by atoms with van der Waals surface area (Å²) >= 11 is 0. The number of nitrogen functional groups attached to an aromatic ring is 1. The fraction of sp³-hybridized carbons (Fsp3) is 0.0667. The standard InChI is InChI=1S/C15H13FN4/c1-9-8-10(6-7-12(9)16)14-18-13-5-3-2-4-11(13)15(19-14)20-17/h2-8H,17H2,1H3,(H,18,19,20). The lowest BCUT2D eigenvalue weighted by Crippen LogP contribution is -2.10. The molecule has 0 aliphatic heterocycles. The molecule has 2 aromatic carbocycles. The average molecular weight is 268 g/mol. The lowest BCUT2D eigenvalue weighted by molar-refractivity contribution is 0.618. The van der Waals surface area contributed by atoms with Crippen LogP contribution in [0.4, 0.5) is 10.2 Å². The molecule has 0 aliphatic carbocycles. The SMILES string of the molecule is Cc1cc(-c2nc(NN)c3ccccc3n2)ccc1F. The van der Waals surface area contributed by atoms with E-state index in [9.17, 15) is 4.39 Å². The van der Waals surface area contributed by atoms with Crippen molar-refractivity contribution in [1.29, 1.82) is 0 Å². The number of aryl methyl sites for hydroxylation is 1. The first-order valence-corrected chi connectivity index (χ1v) is 6.19. The summed E-state index contributed by atoms with van der Waals surface area (Å²) in [4.78, 5) is 8.89. The van der Waals surface area contributed by atoms with Gasteiger partial charge in [-0.05, 0) is 42.8 Å². The number of hydrogen-bond donors (Lipinski definition) is 2. The number of anilines is 1. The number of para-hydroxylation sites is 1. The molecule has 0 spiro atoms. The number of aromatic nitrogens is 2. The van der Waals surface area contributed by atoms with Gasteiger partial charge in [0.1, 0.15) is 5.82 Å². The Morgan fingerprint density at radius 3 is 2.65 bits per heavy atom. The van der Waals surface area contributed by atoms with Crippen LogP contribution in [0.3, 0.4) is 0 Å². The second-order valence-corrected chi connectivity index (χ2v) is 4.52. The Bertz CT molecular complexity index is 786. The van der Waals surface area contributed by atoms with Gasteiger partial charge < -0.3 is 5.43 Å². The molecule has 3 N–H and O–H groups in total. The van der Waals surface area contributed by atoms with Crippen LogP contribution in [0, 0.1) is 12.7 Å².